The van der Waals surface area contributed by atoms with Crippen molar-refractivity contribution in [1.29, 1.82) is 0 Å². The van der Waals surface area contributed by atoms with Gasteiger partial charge in [-0.1, -0.05) is 50.2 Å². The van der Waals surface area contributed by atoms with Crippen LogP contribution in [0, 0.1) is 13.8 Å². The predicted octanol–water partition coefficient (Wildman–Crippen LogP) is 4.63. The molecule has 2 rings (SSSR count). The number of hydrogen-bond donors (Lipinski definition) is 1. The lowest BCUT2D eigenvalue weighted by Crippen LogP contribution is -2.18. The molecule has 0 amide bonds. The molecule has 0 spiro atoms. The van der Waals surface area contributed by atoms with E-state index in [1.54, 1.807) is 6.07 Å². The summed E-state index contributed by atoms with van der Waals surface area (Å²) >= 11 is 0. The molecule has 2 aromatic carbocycles. The number of hydrogen-bond acceptors (Lipinski definition) is 2. The van der Waals surface area contributed by atoms with Crippen molar-refractivity contribution in [3.05, 3.63) is 64.7 Å². The Morgan fingerprint density at radius 3 is 2.14 bits per heavy atom. The maximum Gasteiger partial charge on any atom is 0.349 e. The van der Waals surface area contributed by atoms with Crippen LogP contribution in [-0.2, 0) is 4.79 Å². The van der Waals surface area contributed by atoms with Crippen molar-refractivity contribution in [1.82, 2.24) is 0 Å². The number of carboxylic acid groups (broad SMARTS) is 1. The molecule has 22 heavy (non-hydrogen) atoms. The van der Waals surface area contributed by atoms with E-state index in [9.17, 15) is 9.90 Å². The van der Waals surface area contributed by atoms with E-state index < -0.39 is 12.1 Å². The van der Waals surface area contributed by atoms with E-state index in [1.807, 2.05) is 50.2 Å². The molecule has 3 heteroatoms. The molecule has 0 fully saturated rings. The molecular formula is C19H22O3. The Bertz CT molecular complexity index is 657. The molecule has 1 N–H and O–H groups in total. The lowest BCUT2D eigenvalue weighted by atomic mass is 10.00. The summed E-state index contributed by atoms with van der Waals surface area (Å²) in [4.78, 5) is 11.6. The van der Waals surface area contributed by atoms with Gasteiger partial charge in [0.2, 0.25) is 6.10 Å². The van der Waals surface area contributed by atoms with Crippen LogP contribution in [0.4, 0.5) is 0 Å². The molecule has 0 saturated carbocycles. The third kappa shape index (κ3) is 3.48. The number of aliphatic carboxylic acids is 1. The second-order valence-corrected chi connectivity index (χ2v) is 5.86. The van der Waals surface area contributed by atoms with Gasteiger partial charge in [-0.15, -0.1) is 0 Å². The highest BCUT2D eigenvalue weighted by Gasteiger charge is 2.23. The summed E-state index contributed by atoms with van der Waals surface area (Å²) in [5, 5.41) is 9.50. The molecule has 0 radical (unpaired) electrons. The molecule has 1 atom stereocenters. The highest BCUT2D eigenvalue weighted by molar-refractivity contribution is 5.75. The van der Waals surface area contributed by atoms with E-state index in [1.165, 1.54) is 5.56 Å². The first kappa shape index (κ1) is 16.1. The Morgan fingerprint density at radius 2 is 1.59 bits per heavy atom. The molecule has 0 saturated heterocycles. The topological polar surface area (TPSA) is 46.5 Å². The number of benzene rings is 2. The van der Waals surface area contributed by atoms with E-state index in [2.05, 4.69) is 13.8 Å². The third-order valence-electron chi connectivity index (χ3n) is 3.93. The molecule has 0 aromatic heterocycles. The van der Waals surface area contributed by atoms with Gasteiger partial charge in [-0.2, -0.15) is 0 Å². The van der Waals surface area contributed by atoms with Crippen LogP contribution in [0.15, 0.2) is 42.5 Å². The van der Waals surface area contributed by atoms with Crippen LogP contribution in [0.3, 0.4) is 0 Å². The smallest absolute Gasteiger partial charge is 0.349 e. The van der Waals surface area contributed by atoms with Crippen LogP contribution in [0.2, 0.25) is 0 Å². The normalized spacial score (nSPS) is 12.2. The largest absolute Gasteiger partial charge is 0.478 e. The van der Waals surface area contributed by atoms with Crippen LogP contribution < -0.4 is 4.74 Å². The summed E-state index contributed by atoms with van der Waals surface area (Å²) in [6, 6.07) is 13.2. The summed E-state index contributed by atoms with van der Waals surface area (Å²) in [6.45, 7) is 8.13. The Hall–Kier alpha value is -2.29. The summed E-state index contributed by atoms with van der Waals surface area (Å²) in [5.74, 6) is 0.0378. The summed E-state index contributed by atoms with van der Waals surface area (Å²) in [6.07, 6.45) is -0.998. The fourth-order valence-corrected chi connectivity index (χ4v) is 2.30. The van der Waals surface area contributed by atoms with Crippen molar-refractivity contribution in [2.75, 3.05) is 0 Å². The Kier molecular flexibility index (Phi) is 4.86. The van der Waals surface area contributed by atoms with Gasteiger partial charge in [0.15, 0.2) is 0 Å². The summed E-state index contributed by atoms with van der Waals surface area (Å²) < 4.78 is 5.77. The molecule has 116 valence electrons. The quantitative estimate of drug-likeness (QED) is 0.875. The van der Waals surface area contributed by atoms with Crippen molar-refractivity contribution in [2.45, 2.75) is 39.7 Å². The van der Waals surface area contributed by atoms with Crippen LogP contribution in [0.1, 0.15) is 48.1 Å². The van der Waals surface area contributed by atoms with Gasteiger partial charge in [-0.25, -0.2) is 4.79 Å². The van der Waals surface area contributed by atoms with Crippen LogP contribution in [-0.4, -0.2) is 11.1 Å². The molecule has 0 aliphatic heterocycles. The highest BCUT2D eigenvalue weighted by atomic mass is 16.5. The van der Waals surface area contributed by atoms with E-state index in [-0.39, 0.29) is 0 Å². The molecule has 0 heterocycles. The lowest BCUT2D eigenvalue weighted by Gasteiger charge is -2.18. The maximum absolute atomic E-state index is 11.6. The fraction of sp³-hybridized carbons (Fsp3) is 0.316. The first-order chi connectivity index (χ1) is 10.4. The first-order valence-corrected chi connectivity index (χ1v) is 7.45. The number of carbonyl (C=O) groups is 1. The van der Waals surface area contributed by atoms with Gasteiger partial charge in [-0.05, 0) is 42.5 Å². The molecule has 3 nitrogen and oxygen atoms in total. The fourth-order valence-electron chi connectivity index (χ4n) is 2.30. The molecule has 0 bridgehead atoms. The van der Waals surface area contributed by atoms with Crippen molar-refractivity contribution < 1.29 is 14.6 Å². The molecule has 0 aliphatic carbocycles. The van der Waals surface area contributed by atoms with Gasteiger partial charge < -0.3 is 9.84 Å². The zero-order chi connectivity index (χ0) is 16.3. The second kappa shape index (κ2) is 6.65. The standard InChI is InChI=1S/C19H22O3/c1-12(2)15-8-10-16(11-9-15)18(19(20)21)22-17-7-5-6-13(3)14(17)4/h5-12,18H,1-4H3,(H,20,21)/t18-/m1/s1. The van der Waals surface area contributed by atoms with E-state index in [0.717, 1.165) is 11.1 Å². The average molecular weight is 298 g/mol. The monoisotopic (exact) mass is 298 g/mol. The minimum absolute atomic E-state index is 0.414. The zero-order valence-corrected chi connectivity index (χ0v) is 13.5. The Balaban J connectivity index is 2.30. The predicted molar refractivity (Wildman–Crippen MR) is 87.5 cm³/mol. The van der Waals surface area contributed by atoms with Crippen LogP contribution in [0.5, 0.6) is 5.75 Å². The lowest BCUT2D eigenvalue weighted by molar-refractivity contribution is -0.145. The number of rotatable bonds is 5. The van der Waals surface area contributed by atoms with Crippen molar-refractivity contribution in [3.8, 4) is 5.75 Å². The number of ether oxygens (including phenoxy) is 1. The van der Waals surface area contributed by atoms with E-state index >= 15 is 0 Å². The molecule has 2 aromatic rings. The Morgan fingerprint density at radius 1 is 1.00 bits per heavy atom. The molecule has 0 unspecified atom stereocenters. The van der Waals surface area contributed by atoms with Crippen molar-refractivity contribution in [2.24, 2.45) is 0 Å². The van der Waals surface area contributed by atoms with Gasteiger partial charge >= 0.3 is 5.97 Å². The van der Waals surface area contributed by atoms with Gasteiger partial charge in [0.05, 0.1) is 0 Å². The molecular weight excluding hydrogens is 276 g/mol. The minimum atomic E-state index is -0.998. The summed E-state index contributed by atoms with van der Waals surface area (Å²) in [7, 11) is 0. The highest BCUT2D eigenvalue weighted by Crippen LogP contribution is 2.28. The van der Waals surface area contributed by atoms with Crippen LogP contribution in [0.25, 0.3) is 0 Å². The van der Waals surface area contributed by atoms with Gasteiger partial charge in [0, 0.05) is 5.56 Å². The second-order valence-electron chi connectivity index (χ2n) is 5.86. The average Bonchev–Trinajstić information content (AvgIpc) is 2.48. The van der Waals surface area contributed by atoms with E-state index in [4.69, 9.17) is 4.74 Å². The van der Waals surface area contributed by atoms with Crippen molar-refractivity contribution >= 4 is 5.97 Å². The minimum Gasteiger partial charge on any atom is -0.478 e. The molecule has 0 aliphatic rings. The van der Waals surface area contributed by atoms with Gasteiger partial charge in [-0.3, -0.25) is 0 Å². The first-order valence-electron chi connectivity index (χ1n) is 7.45. The van der Waals surface area contributed by atoms with Crippen molar-refractivity contribution in [3.63, 3.8) is 0 Å². The van der Waals surface area contributed by atoms with E-state index in [0.29, 0.717) is 17.2 Å². The number of carboxylic acids is 1. The zero-order valence-electron chi connectivity index (χ0n) is 13.5. The Labute approximate surface area is 131 Å². The number of aryl methyl sites for hydroxylation is 1. The summed E-state index contributed by atoms with van der Waals surface area (Å²) in [5.41, 5.74) is 3.88. The van der Waals surface area contributed by atoms with Crippen LogP contribution >= 0.6 is 0 Å². The SMILES string of the molecule is Cc1cccc(O[C@@H](C(=O)O)c2ccc(C(C)C)cc2)c1C. The van der Waals surface area contributed by atoms with Gasteiger partial charge in [0.25, 0.3) is 0 Å². The van der Waals surface area contributed by atoms with Gasteiger partial charge in [0.1, 0.15) is 5.75 Å². The third-order valence-corrected chi connectivity index (χ3v) is 3.93. The maximum atomic E-state index is 11.6.